The van der Waals surface area contributed by atoms with E-state index in [0.717, 1.165) is 58.1 Å². The first kappa shape index (κ1) is 37.9. The molecule has 8 aromatic carbocycles. The predicted molar refractivity (Wildman–Crippen MR) is 235 cm³/mol. The molecule has 0 amide bonds. The van der Waals surface area contributed by atoms with Crippen LogP contribution in [-0.2, 0) is 39.0 Å². The Morgan fingerprint density at radius 1 is 0.368 bits per heavy atom. The Balaban J connectivity index is 0.000000157. The van der Waals surface area contributed by atoms with Crippen LogP contribution >= 0.6 is 0 Å². The summed E-state index contributed by atoms with van der Waals surface area (Å²) in [5.41, 5.74) is 12.2. The molecule has 274 valence electrons. The van der Waals surface area contributed by atoms with Crippen LogP contribution in [0, 0.1) is 0 Å². The molecule has 0 unspecified atom stereocenters. The van der Waals surface area contributed by atoms with Crippen molar-refractivity contribution in [1.29, 1.82) is 0 Å². The van der Waals surface area contributed by atoms with Gasteiger partial charge in [-0.25, -0.2) is 0 Å². The van der Waals surface area contributed by atoms with Crippen molar-refractivity contribution in [3.63, 3.8) is 0 Å². The quantitative estimate of drug-likeness (QED) is 0.143. The Labute approximate surface area is 353 Å². The van der Waals surface area contributed by atoms with Crippen LogP contribution in [0.1, 0.15) is 25.0 Å². The van der Waals surface area contributed by atoms with Crippen molar-refractivity contribution in [1.82, 2.24) is 0 Å². The number of aryl methyl sites for hydroxylation is 2. The van der Waals surface area contributed by atoms with E-state index in [2.05, 4.69) is 159 Å². The summed E-state index contributed by atoms with van der Waals surface area (Å²) in [6, 6.07) is 68.4. The molecule has 0 aliphatic heterocycles. The fourth-order valence-corrected chi connectivity index (χ4v) is 7.60. The van der Waals surface area contributed by atoms with Crippen LogP contribution in [0.5, 0.6) is 0 Å². The van der Waals surface area contributed by atoms with Gasteiger partial charge in [-0.1, -0.05) is 170 Å². The van der Waals surface area contributed by atoms with E-state index in [0.29, 0.717) is 0 Å². The van der Waals surface area contributed by atoms with Gasteiger partial charge < -0.3 is 8.83 Å². The summed E-state index contributed by atoms with van der Waals surface area (Å²) in [5, 5.41) is 5.01. The third-order valence-corrected chi connectivity index (χ3v) is 10.7. The summed E-state index contributed by atoms with van der Waals surface area (Å²) in [6.45, 7) is 4.37. The summed E-state index contributed by atoms with van der Waals surface area (Å²) in [7, 11) is 0. The average Bonchev–Trinajstić information content (AvgIpc) is 4.10. The summed E-state index contributed by atoms with van der Waals surface area (Å²) in [6.07, 6.45) is 2.13. The van der Waals surface area contributed by atoms with Gasteiger partial charge in [-0.2, -0.15) is 0 Å². The van der Waals surface area contributed by atoms with E-state index >= 15 is 0 Å². The molecule has 10 aromatic rings. The van der Waals surface area contributed by atoms with Gasteiger partial charge in [0.05, 0.1) is 11.5 Å². The van der Waals surface area contributed by atoms with Crippen molar-refractivity contribution in [3.8, 4) is 67.5 Å². The van der Waals surface area contributed by atoms with Gasteiger partial charge in [0.2, 0.25) is 0 Å². The van der Waals surface area contributed by atoms with E-state index in [1.807, 2.05) is 48.5 Å². The Hall–Kier alpha value is -6.02. The van der Waals surface area contributed by atoms with Crippen molar-refractivity contribution in [2.24, 2.45) is 0 Å². The molecule has 0 aliphatic carbocycles. The largest absolute Gasteiger partial charge is 2.00 e. The van der Waals surface area contributed by atoms with Crippen LogP contribution in [0.25, 0.3) is 89.1 Å². The van der Waals surface area contributed by atoms with E-state index in [1.54, 1.807) is 0 Å². The van der Waals surface area contributed by atoms with Crippen LogP contribution < -0.4 is 0 Å². The third-order valence-electron chi connectivity index (χ3n) is 10.7. The van der Waals surface area contributed by atoms with E-state index < -0.39 is 0 Å². The number of benzene rings is 6. The molecule has 0 bridgehead atoms. The maximum Gasteiger partial charge on any atom is 2.00 e. The monoisotopic (exact) mass is 812 g/mol. The Kier molecular flexibility index (Phi) is 11.3. The molecular formula is C54H42O2Zr. The van der Waals surface area contributed by atoms with Crippen LogP contribution in [0.4, 0.5) is 0 Å². The van der Waals surface area contributed by atoms with Gasteiger partial charge in [-0.3, -0.25) is 0 Å². The smallest absolute Gasteiger partial charge is 0.491 e. The van der Waals surface area contributed by atoms with Crippen LogP contribution in [0.15, 0.2) is 203 Å². The minimum atomic E-state index is 0. The molecule has 0 aliphatic rings. The standard InChI is InChI=1S/2C27H21O.Zr/c2*1-2-19-11-13-20(14-12-19)24-10-6-9-22-17-23(18-25(22)24)27-16-15-26(28-27)21-7-4-3-5-8-21;/h2*3-18H,2H2,1H3;/q2*-1;+2. The number of hydrogen-bond donors (Lipinski definition) is 0. The summed E-state index contributed by atoms with van der Waals surface area (Å²) in [5.74, 6) is 3.61. The van der Waals surface area contributed by atoms with Crippen molar-refractivity contribution in [3.05, 3.63) is 205 Å². The molecule has 3 heteroatoms. The Morgan fingerprint density at radius 2 is 0.754 bits per heavy atom. The van der Waals surface area contributed by atoms with Crippen molar-refractivity contribution in [2.75, 3.05) is 0 Å². The van der Waals surface area contributed by atoms with Gasteiger partial charge in [0, 0.05) is 11.1 Å². The molecule has 0 radical (unpaired) electrons. The van der Waals surface area contributed by atoms with E-state index in [-0.39, 0.29) is 26.2 Å². The van der Waals surface area contributed by atoms with Crippen LogP contribution in [0.2, 0.25) is 0 Å². The second kappa shape index (κ2) is 17.0. The normalized spacial score (nSPS) is 11.0. The second-order valence-corrected chi connectivity index (χ2v) is 14.3. The maximum atomic E-state index is 6.16. The van der Waals surface area contributed by atoms with Gasteiger partial charge in [0.15, 0.2) is 0 Å². The van der Waals surface area contributed by atoms with Crippen molar-refractivity contribution in [2.45, 2.75) is 26.7 Å². The second-order valence-electron chi connectivity index (χ2n) is 14.3. The first-order valence-electron chi connectivity index (χ1n) is 19.5. The Bertz CT molecular complexity index is 2650. The number of hydrogen-bond acceptors (Lipinski definition) is 2. The van der Waals surface area contributed by atoms with Crippen LogP contribution in [0.3, 0.4) is 0 Å². The molecule has 2 aromatic heterocycles. The zero-order chi connectivity index (χ0) is 37.8. The van der Waals surface area contributed by atoms with E-state index in [1.165, 1.54) is 54.9 Å². The maximum absolute atomic E-state index is 6.16. The molecule has 57 heavy (non-hydrogen) atoms. The topological polar surface area (TPSA) is 26.3 Å². The molecule has 0 spiro atoms. The molecule has 0 atom stereocenters. The zero-order valence-electron chi connectivity index (χ0n) is 32.2. The average molecular weight is 814 g/mol. The number of fused-ring (bicyclic) bond motifs is 2. The van der Waals surface area contributed by atoms with Gasteiger partial charge in [0.25, 0.3) is 0 Å². The summed E-state index contributed by atoms with van der Waals surface area (Å²) < 4.78 is 12.3. The third kappa shape index (κ3) is 7.99. The van der Waals surface area contributed by atoms with Gasteiger partial charge in [-0.05, 0) is 59.4 Å². The zero-order valence-corrected chi connectivity index (χ0v) is 34.7. The summed E-state index contributed by atoms with van der Waals surface area (Å²) >= 11 is 0. The molecule has 2 nitrogen and oxygen atoms in total. The molecule has 10 rings (SSSR count). The minimum absolute atomic E-state index is 0. The fraction of sp³-hybridized carbons (Fsp3) is 0.0741. The first-order valence-corrected chi connectivity index (χ1v) is 19.5. The number of furan rings is 2. The molecule has 0 fully saturated rings. The van der Waals surface area contributed by atoms with Crippen molar-refractivity contribution >= 4 is 21.5 Å². The fourth-order valence-electron chi connectivity index (χ4n) is 7.60. The predicted octanol–water partition coefficient (Wildman–Crippen LogP) is 15.4. The van der Waals surface area contributed by atoms with Gasteiger partial charge in [0.1, 0.15) is 11.5 Å². The SMILES string of the molecule is CCc1ccc(-c2cccc3[cH-]c(-c4ccc(-c5ccccc5)o4)cc23)cc1.CCc1ccc(-c2cccc3[cH-]c(-c4ccc(-c5ccccc5)o4)cc23)cc1.[Zr+2]. The number of rotatable bonds is 8. The van der Waals surface area contributed by atoms with Crippen molar-refractivity contribution < 1.29 is 35.0 Å². The molecule has 0 saturated heterocycles. The molecule has 2 heterocycles. The first-order chi connectivity index (χ1) is 27.6. The summed E-state index contributed by atoms with van der Waals surface area (Å²) in [4.78, 5) is 0. The molecule has 0 N–H and O–H groups in total. The van der Waals surface area contributed by atoms with E-state index in [4.69, 9.17) is 8.83 Å². The molecule has 0 saturated carbocycles. The van der Waals surface area contributed by atoms with Crippen LogP contribution in [-0.4, -0.2) is 0 Å². The van der Waals surface area contributed by atoms with Gasteiger partial charge >= 0.3 is 26.2 Å². The van der Waals surface area contributed by atoms with E-state index in [9.17, 15) is 0 Å². The molecular weight excluding hydrogens is 772 g/mol. The Morgan fingerprint density at radius 3 is 1.14 bits per heavy atom. The van der Waals surface area contributed by atoms with Gasteiger partial charge in [-0.15, -0.1) is 57.9 Å². The minimum Gasteiger partial charge on any atom is -0.491 e.